The van der Waals surface area contributed by atoms with Gasteiger partial charge in [0.1, 0.15) is 5.75 Å². The van der Waals surface area contributed by atoms with Gasteiger partial charge in [0, 0.05) is 11.6 Å². The molecule has 3 rings (SSSR count). The maximum atomic E-state index is 12.2. The summed E-state index contributed by atoms with van der Waals surface area (Å²) >= 11 is 1.35. The topological polar surface area (TPSA) is 79.9 Å². The first-order chi connectivity index (χ1) is 12.2. The van der Waals surface area contributed by atoms with Crippen LogP contribution < -0.4 is 10.1 Å². The van der Waals surface area contributed by atoms with Crippen LogP contribution in [0.3, 0.4) is 0 Å². The van der Waals surface area contributed by atoms with Crippen molar-refractivity contribution >= 4 is 17.7 Å². The molecule has 6 nitrogen and oxygen atoms in total. The maximum absolute atomic E-state index is 12.2. The largest absolute Gasteiger partial charge is 0.497 e. The number of aromatic nitrogens is 3. The number of hydrogen-bond acceptors (Lipinski definition) is 5. The molecule has 1 fully saturated rings. The highest BCUT2D eigenvalue weighted by Gasteiger charge is 2.22. The van der Waals surface area contributed by atoms with E-state index in [1.165, 1.54) is 31.0 Å². The number of H-pyrrole nitrogens is 1. The Bertz CT molecular complexity index is 701. The Balaban J connectivity index is 1.51. The SMILES string of the molecule is COc1ccc(-c2nc(SCC(=O)N[C@@H]3CCCC[C@@H]3C)n[nH]2)cc1. The van der Waals surface area contributed by atoms with E-state index >= 15 is 0 Å². The minimum atomic E-state index is 0.0551. The minimum absolute atomic E-state index is 0.0551. The summed E-state index contributed by atoms with van der Waals surface area (Å²) in [6, 6.07) is 7.91. The normalized spacial score (nSPS) is 20.2. The molecule has 0 radical (unpaired) electrons. The number of nitrogens with zero attached hydrogens (tertiary/aromatic N) is 2. The van der Waals surface area contributed by atoms with Crippen LogP contribution in [0.25, 0.3) is 11.4 Å². The van der Waals surface area contributed by atoms with Gasteiger partial charge in [-0.15, -0.1) is 5.10 Å². The van der Waals surface area contributed by atoms with Gasteiger partial charge in [0.05, 0.1) is 12.9 Å². The molecule has 0 saturated heterocycles. The van der Waals surface area contributed by atoms with Crippen LogP contribution in [0.2, 0.25) is 0 Å². The first-order valence-corrected chi connectivity index (χ1v) is 9.63. The van der Waals surface area contributed by atoms with Crippen molar-refractivity contribution < 1.29 is 9.53 Å². The van der Waals surface area contributed by atoms with Gasteiger partial charge in [0.15, 0.2) is 5.82 Å². The van der Waals surface area contributed by atoms with Crippen molar-refractivity contribution in [2.45, 2.75) is 43.8 Å². The Hall–Kier alpha value is -2.02. The molecule has 1 aromatic heterocycles. The Kier molecular flexibility index (Phi) is 5.96. The summed E-state index contributed by atoms with van der Waals surface area (Å²) < 4.78 is 5.15. The zero-order valence-corrected chi connectivity index (χ0v) is 15.4. The number of thioether (sulfide) groups is 1. The lowest BCUT2D eigenvalue weighted by molar-refractivity contribution is -0.119. The second-order valence-corrected chi connectivity index (χ2v) is 7.36. The lowest BCUT2D eigenvalue weighted by atomic mass is 9.86. The summed E-state index contributed by atoms with van der Waals surface area (Å²) in [5.74, 6) is 2.44. The molecule has 1 amide bonds. The molecule has 0 unspecified atom stereocenters. The average molecular weight is 360 g/mol. The Labute approximate surface area is 152 Å². The van der Waals surface area contributed by atoms with Crippen LogP contribution in [0.5, 0.6) is 5.75 Å². The van der Waals surface area contributed by atoms with Crippen molar-refractivity contribution in [2.24, 2.45) is 5.92 Å². The molecule has 0 spiro atoms. The third-order valence-electron chi connectivity index (χ3n) is 4.62. The third kappa shape index (κ3) is 4.75. The molecule has 1 aliphatic carbocycles. The van der Waals surface area contributed by atoms with Gasteiger partial charge in [-0.2, -0.15) is 0 Å². The average Bonchev–Trinajstić information content (AvgIpc) is 3.11. The predicted octanol–water partition coefficient (Wildman–Crippen LogP) is 3.27. The van der Waals surface area contributed by atoms with Crippen LogP contribution in [-0.2, 0) is 4.79 Å². The molecule has 1 heterocycles. The van der Waals surface area contributed by atoms with E-state index in [0.717, 1.165) is 17.7 Å². The molecule has 1 aliphatic rings. The van der Waals surface area contributed by atoms with Crippen molar-refractivity contribution in [3.63, 3.8) is 0 Å². The van der Waals surface area contributed by atoms with Crippen LogP contribution in [0.1, 0.15) is 32.6 Å². The van der Waals surface area contributed by atoms with Crippen molar-refractivity contribution in [3.8, 4) is 17.1 Å². The fourth-order valence-electron chi connectivity index (χ4n) is 3.10. The molecule has 1 saturated carbocycles. The predicted molar refractivity (Wildman–Crippen MR) is 98.7 cm³/mol. The number of hydrogen-bond donors (Lipinski definition) is 2. The zero-order chi connectivity index (χ0) is 17.6. The Morgan fingerprint density at radius 3 is 2.80 bits per heavy atom. The molecule has 25 heavy (non-hydrogen) atoms. The molecular weight excluding hydrogens is 336 g/mol. The van der Waals surface area contributed by atoms with Crippen molar-refractivity contribution in [1.82, 2.24) is 20.5 Å². The minimum Gasteiger partial charge on any atom is -0.497 e. The van der Waals surface area contributed by atoms with E-state index in [1.54, 1.807) is 7.11 Å². The highest BCUT2D eigenvalue weighted by Crippen LogP contribution is 2.24. The van der Waals surface area contributed by atoms with Crippen molar-refractivity contribution in [2.75, 3.05) is 12.9 Å². The van der Waals surface area contributed by atoms with E-state index < -0.39 is 0 Å². The lowest BCUT2D eigenvalue weighted by Crippen LogP contribution is -2.41. The third-order valence-corrected chi connectivity index (χ3v) is 5.47. The van der Waals surface area contributed by atoms with Gasteiger partial charge in [-0.3, -0.25) is 9.89 Å². The Morgan fingerprint density at radius 1 is 1.32 bits per heavy atom. The van der Waals surface area contributed by atoms with Crippen molar-refractivity contribution in [3.05, 3.63) is 24.3 Å². The first kappa shape index (κ1) is 17.8. The van der Waals surface area contributed by atoms with Gasteiger partial charge in [0.2, 0.25) is 11.1 Å². The van der Waals surface area contributed by atoms with E-state index in [4.69, 9.17) is 4.74 Å². The number of amides is 1. The molecule has 2 N–H and O–H groups in total. The highest BCUT2D eigenvalue weighted by atomic mass is 32.2. The number of rotatable bonds is 6. The van der Waals surface area contributed by atoms with E-state index in [2.05, 4.69) is 27.4 Å². The molecule has 0 bridgehead atoms. The van der Waals surface area contributed by atoms with Gasteiger partial charge >= 0.3 is 0 Å². The second-order valence-electron chi connectivity index (χ2n) is 6.42. The summed E-state index contributed by atoms with van der Waals surface area (Å²) in [5.41, 5.74) is 0.931. The highest BCUT2D eigenvalue weighted by molar-refractivity contribution is 7.99. The molecule has 7 heteroatoms. The van der Waals surface area contributed by atoms with Crippen molar-refractivity contribution in [1.29, 1.82) is 0 Å². The van der Waals surface area contributed by atoms with Crippen LogP contribution >= 0.6 is 11.8 Å². The zero-order valence-electron chi connectivity index (χ0n) is 14.6. The smallest absolute Gasteiger partial charge is 0.230 e. The summed E-state index contributed by atoms with van der Waals surface area (Å²) in [6.45, 7) is 2.22. The second kappa shape index (κ2) is 8.38. The number of benzene rings is 1. The number of aromatic amines is 1. The number of methoxy groups -OCH3 is 1. The van der Waals surface area contributed by atoms with Gasteiger partial charge in [-0.1, -0.05) is 31.5 Å². The summed E-state index contributed by atoms with van der Waals surface area (Å²) in [7, 11) is 1.64. The van der Waals surface area contributed by atoms with E-state index in [1.807, 2.05) is 24.3 Å². The molecule has 1 aromatic carbocycles. The summed E-state index contributed by atoms with van der Waals surface area (Å²) in [5, 5.41) is 10.8. The van der Waals surface area contributed by atoms with Gasteiger partial charge < -0.3 is 10.1 Å². The number of ether oxygens (including phenoxy) is 1. The lowest BCUT2D eigenvalue weighted by Gasteiger charge is -2.29. The monoisotopic (exact) mass is 360 g/mol. The van der Waals surface area contributed by atoms with Crippen LogP contribution in [-0.4, -0.2) is 40.0 Å². The van der Waals surface area contributed by atoms with Gasteiger partial charge in [0.25, 0.3) is 0 Å². The van der Waals surface area contributed by atoms with Crippen LogP contribution in [0.4, 0.5) is 0 Å². The van der Waals surface area contributed by atoms with Crippen LogP contribution in [0.15, 0.2) is 29.4 Å². The molecule has 2 atom stereocenters. The summed E-state index contributed by atoms with van der Waals surface area (Å²) in [6.07, 6.45) is 4.76. The molecule has 0 aliphatic heterocycles. The standard InChI is InChI=1S/C18H24N4O2S/c1-12-5-3-4-6-15(12)19-16(23)11-25-18-20-17(21-22-18)13-7-9-14(24-2)10-8-13/h7-10,12,15H,3-6,11H2,1-2H3,(H,19,23)(H,20,21,22)/t12-,15+/m0/s1. The fraction of sp³-hybridized carbons (Fsp3) is 0.500. The van der Waals surface area contributed by atoms with Gasteiger partial charge in [-0.05, 0) is 43.0 Å². The quantitative estimate of drug-likeness (QED) is 0.773. The van der Waals surface area contributed by atoms with E-state index in [9.17, 15) is 4.79 Å². The van der Waals surface area contributed by atoms with Gasteiger partial charge in [-0.25, -0.2) is 4.98 Å². The molecule has 2 aromatic rings. The number of carbonyl (C=O) groups is 1. The van der Waals surface area contributed by atoms with Crippen LogP contribution in [0, 0.1) is 5.92 Å². The molecule has 134 valence electrons. The number of nitrogens with one attached hydrogen (secondary N) is 2. The van der Waals surface area contributed by atoms with E-state index in [-0.39, 0.29) is 5.91 Å². The first-order valence-electron chi connectivity index (χ1n) is 8.64. The summed E-state index contributed by atoms with van der Waals surface area (Å²) in [4.78, 5) is 16.6. The van der Waals surface area contributed by atoms with E-state index in [0.29, 0.717) is 28.7 Å². The Morgan fingerprint density at radius 2 is 2.08 bits per heavy atom. The molecular formula is C18H24N4O2S. The fourth-order valence-corrected chi connectivity index (χ4v) is 3.71. The number of carbonyl (C=O) groups excluding carboxylic acids is 1. The maximum Gasteiger partial charge on any atom is 0.230 e.